The molecular formula is C26H49N6O9W-. The number of hydrogen-bond acceptors (Lipinski definition) is 9. The van der Waals surface area contributed by atoms with Gasteiger partial charge < -0.3 is 45.7 Å². The van der Waals surface area contributed by atoms with Crippen molar-refractivity contribution in [2.75, 3.05) is 61.4 Å². The maximum absolute atomic E-state index is 12.0. The number of ether oxygens (including phenoxy) is 3. The van der Waals surface area contributed by atoms with E-state index in [1.54, 1.807) is 28.3 Å². The Morgan fingerprint density at radius 2 is 1.24 bits per heavy atom. The quantitative estimate of drug-likeness (QED) is 0.123. The Hall–Kier alpha value is -2.93. The van der Waals surface area contributed by atoms with Crippen molar-refractivity contribution in [3.63, 3.8) is 0 Å². The summed E-state index contributed by atoms with van der Waals surface area (Å²) in [7, 11) is 6.37. The fourth-order valence-corrected chi connectivity index (χ4v) is 2.97. The van der Waals surface area contributed by atoms with E-state index in [0.717, 1.165) is 12.8 Å². The van der Waals surface area contributed by atoms with E-state index >= 15 is 0 Å². The summed E-state index contributed by atoms with van der Waals surface area (Å²) in [5, 5.41) is 7.52. The van der Waals surface area contributed by atoms with Crippen molar-refractivity contribution >= 4 is 35.8 Å². The molecule has 0 aliphatic heterocycles. The smallest absolute Gasteiger partial charge is 0.408 e. The third kappa shape index (κ3) is 28.6. The Morgan fingerprint density at radius 1 is 0.714 bits per heavy atom. The van der Waals surface area contributed by atoms with E-state index in [0.29, 0.717) is 58.2 Å². The predicted octanol–water partition coefficient (Wildman–Crippen LogP) is 2.15. The average Bonchev–Trinajstić information content (AvgIpc) is 2.93. The fourth-order valence-electron chi connectivity index (χ4n) is 2.97. The molecule has 0 spiro atoms. The van der Waals surface area contributed by atoms with Gasteiger partial charge in [0.1, 0.15) is 0 Å². The van der Waals surface area contributed by atoms with Crippen molar-refractivity contribution in [2.24, 2.45) is 0 Å². The molecule has 0 aromatic carbocycles. The van der Waals surface area contributed by atoms with Gasteiger partial charge in [-0.15, -0.1) is 0 Å². The Kier molecular flexibility index (Phi) is 30.6. The number of unbranched alkanes of at least 4 members (excludes halogenated alkanes) is 2. The van der Waals surface area contributed by atoms with Crippen LogP contribution in [0.25, 0.3) is 5.73 Å². The minimum absolute atomic E-state index is 0. The third-order valence-corrected chi connectivity index (χ3v) is 5.37. The maximum Gasteiger partial charge on any atom is 0.408 e. The first kappa shape index (κ1) is 43.5. The van der Waals surface area contributed by atoms with E-state index in [-0.39, 0.29) is 71.1 Å². The maximum atomic E-state index is 12.0. The molecule has 0 unspecified atom stereocenters. The van der Waals surface area contributed by atoms with Gasteiger partial charge in [0.05, 0.1) is 26.6 Å². The number of amides is 6. The number of rotatable bonds is 20. The molecule has 0 radical (unpaired) electrons. The van der Waals surface area contributed by atoms with Crippen LogP contribution in [0.15, 0.2) is 0 Å². The fraction of sp³-hybridized carbons (Fsp3) is 0.769. The summed E-state index contributed by atoms with van der Waals surface area (Å²) in [4.78, 5) is 70.3. The van der Waals surface area contributed by atoms with Crippen LogP contribution in [0.3, 0.4) is 0 Å². The van der Waals surface area contributed by atoms with Crippen molar-refractivity contribution in [3.05, 3.63) is 5.73 Å². The summed E-state index contributed by atoms with van der Waals surface area (Å²) in [6.07, 6.45) is 3.76. The first-order valence-electron chi connectivity index (χ1n) is 13.7. The van der Waals surface area contributed by atoms with Gasteiger partial charge in [0.15, 0.2) is 0 Å². The molecule has 0 aromatic rings. The third-order valence-electron chi connectivity index (χ3n) is 5.37. The van der Waals surface area contributed by atoms with E-state index in [4.69, 9.17) is 15.2 Å². The van der Waals surface area contributed by atoms with Crippen molar-refractivity contribution in [1.82, 2.24) is 25.8 Å². The van der Waals surface area contributed by atoms with Crippen LogP contribution >= 0.6 is 0 Å². The number of nitrogens with one attached hydrogen (secondary N) is 4. The molecule has 15 nitrogen and oxygen atoms in total. The second-order valence-electron chi connectivity index (χ2n) is 8.98. The molecule has 0 bridgehead atoms. The van der Waals surface area contributed by atoms with Gasteiger partial charge in [-0.3, -0.25) is 24.0 Å². The SMILES string of the molecule is CCCCOC(=O)NCNC(=O)CCCOC.CNC(=O)CCCCC(=O)N(C)CN(C)C(=O)CCCOC([NH-])=O.[W]. The molecule has 0 fully saturated rings. The summed E-state index contributed by atoms with van der Waals surface area (Å²) in [5.41, 5.74) is 6.57. The Morgan fingerprint density at radius 3 is 1.79 bits per heavy atom. The summed E-state index contributed by atoms with van der Waals surface area (Å²) < 4.78 is 14.1. The molecule has 244 valence electrons. The molecule has 6 amide bonds. The number of hydrogen-bond donors (Lipinski definition) is 3. The zero-order valence-electron chi connectivity index (χ0n) is 25.6. The van der Waals surface area contributed by atoms with Crippen LogP contribution in [0.5, 0.6) is 0 Å². The second-order valence-corrected chi connectivity index (χ2v) is 8.98. The zero-order chi connectivity index (χ0) is 31.5. The van der Waals surface area contributed by atoms with Crippen molar-refractivity contribution in [2.45, 2.75) is 71.1 Å². The summed E-state index contributed by atoms with van der Waals surface area (Å²) in [6, 6.07) is 0. The molecule has 16 heteroatoms. The predicted molar refractivity (Wildman–Crippen MR) is 151 cm³/mol. The van der Waals surface area contributed by atoms with Crippen LogP contribution in [-0.2, 0) is 54.5 Å². The Bertz CT molecular complexity index is 767. The Labute approximate surface area is 263 Å². The number of alkyl carbamates (subject to hydrolysis) is 1. The standard InChI is InChI=1S/C15H28N4O5.C11H22N2O4.W/c1-17-12(20)7-4-5-8-13(21)18(2)11-19(3)14(22)9-6-10-24-15(16)23;1-3-4-8-17-11(15)13-9-12-10(14)6-5-7-16-2;/h4-11H2,1-3H3,(H3,16,17,20,23);3-9H2,1-2H3,(H,12,14)(H,13,15);/p-1. The van der Waals surface area contributed by atoms with Gasteiger partial charge in [-0.05, 0) is 32.1 Å². The van der Waals surface area contributed by atoms with Crippen LogP contribution in [0.2, 0.25) is 0 Å². The molecular weight excluding hydrogens is 724 g/mol. The molecule has 0 saturated carbocycles. The monoisotopic (exact) mass is 773 g/mol. The van der Waals surface area contributed by atoms with Crippen LogP contribution < -0.4 is 16.0 Å². The largest absolute Gasteiger partial charge is 0.632 e. The van der Waals surface area contributed by atoms with Gasteiger partial charge in [0, 0.05) is 81.6 Å². The molecule has 0 aliphatic rings. The normalized spacial score (nSPS) is 9.64. The van der Waals surface area contributed by atoms with Crippen LogP contribution in [-0.4, -0.2) is 107 Å². The number of carbonyl (C=O) groups is 6. The van der Waals surface area contributed by atoms with E-state index in [9.17, 15) is 28.8 Å². The summed E-state index contributed by atoms with van der Waals surface area (Å²) in [6.45, 7) is 3.27. The molecule has 4 N–H and O–H groups in total. The first-order chi connectivity index (χ1) is 19.5. The summed E-state index contributed by atoms with van der Waals surface area (Å²) in [5.74, 6) is -0.418. The molecule has 0 heterocycles. The molecule has 0 aliphatic carbocycles. The van der Waals surface area contributed by atoms with Crippen LogP contribution in [0.1, 0.15) is 71.1 Å². The molecule has 0 atom stereocenters. The van der Waals surface area contributed by atoms with E-state index in [2.05, 4.69) is 20.7 Å². The molecule has 0 rings (SSSR count). The minimum atomic E-state index is -1.11. The van der Waals surface area contributed by atoms with Gasteiger partial charge >= 0.3 is 6.09 Å². The van der Waals surface area contributed by atoms with Gasteiger partial charge in [-0.2, -0.15) is 0 Å². The summed E-state index contributed by atoms with van der Waals surface area (Å²) >= 11 is 0. The van der Waals surface area contributed by atoms with E-state index in [1.807, 2.05) is 6.92 Å². The van der Waals surface area contributed by atoms with Crippen molar-refractivity contribution < 1.29 is 64.0 Å². The first-order valence-corrected chi connectivity index (χ1v) is 13.7. The molecule has 0 saturated heterocycles. The van der Waals surface area contributed by atoms with Gasteiger partial charge in [-0.1, -0.05) is 13.3 Å². The zero-order valence-corrected chi connectivity index (χ0v) is 28.5. The van der Waals surface area contributed by atoms with Gasteiger partial charge in [0.25, 0.3) is 0 Å². The van der Waals surface area contributed by atoms with Crippen LogP contribution in [0, 0.1) is 0 Å². The van der Waals surface area contributed by atoms with E-state index < -0.39 is 12.2 Å². The number of methoxy groups -OCH3 is 1. The number of nitrogens with zero attached hydrogens (tertiary/aromatic N) is 2. The van der Waals surface area contributed by atoms with Gasteiger partial charge in [-0.25, -0.2) is 4.79 Å². The molecule has 0 aromatic heterocycles. The van der Waals surface area contributed by atoms with E-state index in [1.165, 1.54) is 9.80 Å². The van der Waals surface area contributed by atoms with Crippen LogP contribution in [0.4, 0.5) is 9.59 Å². The van der Waals surface area contributed by atoms with Gasteiger partial charge in [0.2, 0.25) is 29.7 Å². The van der Waals surface area contributed by atoms with Crippen molar-refractivity contribution in [1.29, 1.82) is 0 Å². The van der Waals surface area contributed by atoms with Crippen molar-refractivity contribution in [3.8, 4) is 0 Å². The average molecular weight is 774 g/mol. The minimum Gasteiger partial charge on any atom is -0.632 e. The Balaban J connectivity index is -0.000000748. The second kappa shape index (κ2) is 29.6. The molecule has 42 heavy (non-hydrogen) atoms. The number of carbonyl (C=O) groups excluding carboxylic acids is 6. The topological polar surface area (TPSA) is 196 Å².